The third-order valence-electron chi connectivity index (χ3n) is 2.24. The quantitative estimate of drug-likeness (QED) is 0.383. The van der Waals surface area contributed by atoms with Gasteiger partial charge in [-0.2, -0.15) is 0 Å². The predicted molar refractivity (Wildman–Crippen MR) is 76.3 cm³/mol. The molecule has 5 heteroatoms. The standard InChI is InChI=1S/C13H16N4S/c1-9(2)18-12-8-11(17-14)15-13(16-12)10-6-4-3-5-7-10/h3-9H,14H2,1-2H3,(H,15,16,17). The van der Waals surface area contributed by atoms with Gasteiger partial charge < -0.3 is 5.43 Å². The molecular weight excluding hydrogens is 244 g/mol. The predicted octanol–water partition coefficient (Wildman–Crippen LogP) is 2.93. The molecule has 0 fully saturated rings. The zero-order valence-electron chi connectivity index (χ0n) is 10.4. The molecule has 0 bridgehead atoms. The number of nitrogen functional groups attached to an aromatic ring is 1. The van der Waals surface area contributed by atoms with Crippen LogP contribution in [-0.2, 0) is 0 Å². The molecule has 94 valence electrons. The monoisotopic (exact) mass is 260 g/mol. The number of anilines is 1. The first-order valence-corrected chi connectivity index (χ1v) is 6.65. The Bertz CT molecular complexity index is 514. The van der Waals surface area contributed by atoms with Crippen molar-refractivity contribution in [3.8, 4) is 11.4 Å². The summed E-state index contributed by atoms with van der Waals surface area (Å²) in [4.78, 5) is 8.92. The number of nitrogens with one attached hydrogen (secondary N) is 1. The van der Waals surface area contributed by atoms with Gasteiger partial charge in [0.25, 0.3) is 0 Å². The Labute approximate surface area is 111 Å². The summed E-state index contributed by atoms with van der Waals surface area (Å²) < 4.78 is 0. The number of rotatable bonds is 4. The van der Waals surface area contributed by atoms with Gasteiger partial charge in [0.2, 0.25) is 0 Å². The molecule has 1 aromatic carbocycles. The van der Waals surface area contributed by atoms with Crippen LogP contribution in [0.4, 0.5) is 5.82 Å². The molecule has 1 heterocycles. The highest BCUT2D eigenvalue weighted by Gasteiger charge is 2.07. The number of hydrogen-bond donors (Lipinski definition) is 2. The molecule has 0 amide bonds. The van der Waals surface area contributed by atoms with Gasteiger partial charge in [0.05, 0.1) is 0 Å². The highest BCUT2D eigenvalue weighted by molar-refractivity contribution is 7.99. The van der Waals surface area contributed by atoms with Gasteiger partial charge in [0.1, 0.15) is 10.8 Å². The summed E-state index contributed by atoms with van der Waals surface area (Å²) >= 11 is 1.69. The van der Waals surface area contributed by atoms with Gasteiger partial charge >= 0.3 is 0 Å². The van der Waals surface area contributed by atoms with Gasteiger partial charge in [0, 0.05) is 16.9 Å². The van der Waals surface area contributed by atoms with Crippen LogP contribution in [0.25, 0.3) is 11.4 Å². The lowest BCUT2D eigenvalue weighted by Gasteiger charge is -2.09. The van der Waals surface area contributed by atoms with E-state index in [0.717, 1.165) is 10.6 Å². The topological polar surface area (TPSA) is 63.8 Å². The van der Waals surface area contributed by atoms with Gasteiger partial charge in [-0.15, -0.1) is 11.8 Å². The minimum Gasteiger partial charge on any atom is -0.308 e. The van der Waals surface area contributed by atoms with Crippen LogP contribution in [0.3, 0.4) is 0 Å². The molecule has 0 saturated heterocycles. The van der Waals surface area contributed by atoms with Crippen molar-refractivity contribution in [3.05, 3.63) is 36.4 Å². The summed E-state index contributed by atoms with van der Waals surface area (Å²) in [6, 6.07) is 11.7. The zero-order chi connectivity index (χ0) is 13.0. The molecule has 4 nitrogen and oxygen atoms in total. The van der Waals surface area contributed by atoms with E-state index in [2.05, 4.69) is 29.2 Å². The third-order valence-corrected chi connectivity index (χ3v) is 3.16. The van der Waals surface area contributed by atoms with E-state index in [9.17, 15) is 0 Å². The summed E-state index contributed by atoms with van der Waals surface area (Å²) in [6.45, 7) is 4.26. The first kappa shape index (κ1) is 12.9. The number of nitrogens with two attached hydrogens (primary N) is 1. The maximum absolute atomic E-state index is 5.45. The number of thioether (sulfide) groups is 1. The molecule has 0 spiro atoms. The van der Waals surface area contributed by atoms with Crippen LogP contribution >= 0.6 is 11.8 Å². The molecule has 2 aromatic rings. The number of benzene rings is 1. The lowest BCUT2D eigenvalue weighted by atomic mass is 10.2. The van der Waals surface area contributed by atoms with E-state index in [4.69, 9.17) is 5.84 Å². The number of hydrogen-bond acceptors (Lipinski definition) is 5. The molecule has 0 radical (unpaired) electrons. The fourth-order valence-corrected chi connectivity index (χ4v) is 2.32. The van der Waals surface area contributed by atoms with Gasteiger partial charge in [-0.3, -0.25) is 0 Å². The number of aromatic nitrogens is 2. The van der Waals surface area contributed by atoms with Crippen molar-refractivity contribution in [2.24, 2.45) is 5.84 Å². The molecule has 0 atom stereocenters. The second kappa shape index (κ2) is 5.84. The Morgan fingerprint density at radius 2 is 1.89 bits per heavy atom. The highest BCUT2D eigenvalue weighted by Crippen LogP contribution is 2.25. The Hall–Kier alpha value is -1.59. The van der Waals surface area contributed by atoms with E-state index in [-0.39, 0.29) is 0 Å². The van der Waals surface area contributed by atoms with Gasteiger partial charge in [-0.1, -0.05) is 44.2 Å². The fourth-order valence-electron chi connectivity index (χ4n) is 1.52. The van der Waals surface area contributed by atoms with Crippen molar-refractivity contribution >= 4 is 17.6 Å². The van der Waals surface area contributed by atoms with Crippen molar-refractivity contribution in [2.45, 2.75) is 24.1 Å². The minimum absolute atomic E-state index is 0.467. The first-order valence-electron chi connectivity index (χ1n) is 5.77. The van der Waals surface area contributed by atoms with Crippen molar-refractivity contribution in [3.63, 3.8) is 0 Å². The zero-order valence-corrected chi connectivity index (χ0v) is 11.2. The van der Waals surface area contributed by atoms with Crippen molar-refractivity contribution in [1.29, 1.82) is 0 Å². The molecule has 0 unspecified atom stereocenters. The van der Waals surface area contributed by atoms with Gasteiger partial charge in [-0.05, 0) is 0 Å². The SMILES string of the molecule is CC(C)Sc1cc(NN)nc(-c2ccccc2)n1. The second-order valence-corrected chi connectivity index (χ2v) is 5.69. The van der Waals surface area contributed by atoms with Gasteiger partial charge in [0.15, 0.2) is 5.82 Å². The van der Waals surface area contributed by atoms with Crippen LogP contribution in [0.5, 0.6) is 0 Å². The Morgan fingerprint density at radius 3 is 2.50 bits per heavy atom. The molecule has 3 N–H and O–H groups in total. The maximum atomic E-state index is 5.45. The molecule has 0 aliphatic heterocycles. The number of nitrogens with zero attached hydrogens (tertiary/aromatic N) is 2. The van der Waals surface area contributed by atoms with E-state index in [1.54, 1.807) is 11.8 Å². The summed E-state index contributed by atoms with van der Waals surface area (Å²) in [5.41, 5.74) is 3.57. The number of hydrazine groups is 1. The molecular formula is C13H16N4S. The highest BCUT2D eigenvalue weighted by atomic mass is 32.2. The Kier molecular flexibility index (Phi) is 4.17. The molecule has 0 aliphatic rings. The first-order chi connectivity index (χ1) is 8.69. The molecule has 2 rings (SSSR count). The third kappa shape index (κ3) is 3.21. The Morgan fingerprint density at radius 1 is 1.17 bits per heavy atom. The summed E-state index contributed by atoms with van der Waals surface area (Å²) in [7, 11) is 0. The molecule has 1 aromatic heterocycles. The lowest BCUT2D eigenvalue weighted by molar-refractivity contribution is 1.03. The van der Waals surface area contributed by atoms with E-state index < -0.39 is 0 Å². The van der Waals surface area contributed by atoms with Crippen LogP contribution in [0.2, 0.25) is 0 Å². The van der Waals surface area contributed by atoms with E-state index >= 15 is 0 Å². The van der Waals surface area contributed by atoms with Crippen LogP contribution in [0.15, 0.2) is 41.4 Å². The Balaban J connectivity index is 2.41. The minimum atomic E-state index is 0.467. The summed E-state index contributed by atoms with van der Waals surface area (Å²) in [5.74, 6) is 6.77. The summed E-state index contributed by atoms with van der Waals surface area (Å²) in [5, 5.41) is 1.39. The van der Waals surface area contributed by atoms with Crippen LogP contribution < -0.4 is 11.3 Å². The average molecular weight is 260 g/mol. The van der Waals surface area contributed by atoms with Crippen molar-refractivity contribution in [1.82, 2.24) is 9.97 Å². The lowest BCUT2D eigenvalue weighted by Crippen LogP contribution is -2.10. The van der Waals surface area contributed by atoms with Crippen LogP contribution in [0.1, 0.15) is 13.8 Å². The smallest absolute Gasteiger partial charge is 0.162 e. The van der Waals surface area contributed by atoms with E-state index in [1.165, 1.54) is 0 Å². The maximum Gasteiger partial charge on any atom is 0.162 e. The molecule has 18 heavy (non-hydrogen) atoms. The van der Waals surface area contributed by atoms with Crippen molar-refractivity contribution in [2.75, 3.05) is 5.43 Å². The average Bonchev–Trinajstić information content (AvgIpc) is 2.38. The van der Waals surface area contributed by atoms with Crippen molar-refractivity contribution < 1.29 is 0 Å². The van der Waals surface area contributed by atoms with Crippen LogP contribution in [-0.4, -0.2) is 15.2 Å². The molecule has 0 saturated carbocycles. The second-order valence-electron chi connectivity index (χ2n) is 4.09. The van der Waals surface area contributed by atoms with E-state index in [1.807, 2.05) is 36.4 Å². The largest absolute Gasteiger partial charge is 0.308 e. The van der Waals surface area contributed by atoms with Gasteiger partial charge in [-0.25, -0.2) is 15.8 Å². The fraction of sp³-hybridized carbons (Fsp3) is 0.231. The molecule has 0 aliphatic carbocycles. The normalized spacial score (nSPS) is 10.7. The summed E-state index contributed by atoms with van der Waals surface area (Å²) in [6.07, 6.45) is 0. The van der Waals surface area contributed by atoms with Crippen LogP contribution in [0, 0.1) is 0 Å². The van der Waals surface area contributed by atoms with E-state index in [0.29, 0.717) is 16.9 Å².